The van der Waals surface area contributed by atoms with Crippen LogP contribution >= 0.6 is 0 Å². The van der Waals surface area contributed by atoms with Gasteiger partial charge < -0.3 is 14.6 Å². The van der Waals surface area contributed by atoms with E-state index >= 15 is 0 Å². The molecule has 138 valence electrons. The largest absolute Gasteiger partial charge is 0.444 e. The summed E-state index contributed by atoms with van der Waals surface area (Å²) in [5, 5.41) is 10.5. The number of aliphatic hydroxyl groups excluding tert-OH is 1. The third-order valence-electron chi connectivity index (χ3n) is 3.91. The summed E-state index contributed by atoms with van der Waals surface area (Å²) in [7, 11) is 0. The summed E-state index contributed by atoms with van der Waals surface area (Å²) in [6, 6.07) is -0.485. The van der Waals surface area contributed by atoms with Crippen LogP contribution in [0.15, 0.2) is 17.4 Å². The maximum Gasteiger partial charge on any atom is 0.413 e. The predicted molar refractivity (Wildman–Crippen MR) is 94.7 cm³/mol. The van der Waals surface area contributed by atoms with Gasteiger partial charge in [-0.25, -0.2) is 4.79 Å². The Balaban J connectivity index is 2.92. The zero-order valence-electron chi connectivity index (χ0n) is 16.2. The van der Waals surface area contributed by atoms with Gasteiger partial charge in [-0.3, -0.25) is 4.90 Å². The van der Waals surface area contributed by atoms with Crippen LogP contribution in [0.4, 0.5) is 4.79 Å². The standard InChI is InChI=1S/C19H33NO4/c1-8-9-10-14(2)11-12-16(21)15-13-23-19(6,7)20(15)17(22)24-18(3,4)5/h12,15-16,21H,8-10,13H2,1-7H3/t11?,15-,16?/m0/s1. The first-order valence-corrected chi connectivity index (χ1v) is 8.74. The molecule has 0 saturated carbocycles. The van der Waals surface area contributed by atoms with Crippen molar-refractivity contribution in [1.82, 2.24) is 4.90 Å². The summed E-state index contributed by atoms with van der Waals surface area (Å²) in [4.78, 5) is 14.0. The van der Waals surface area contributed by atoms with Gasteiger partial charge in [0.05, 0.1) is 12.6 Å². The summed E-state index contributed by atoms with van der Waals surface area (Å²) in [6.45, 7) is 13.5. The number of unbranched alkanes of at least 4 members (excludes halogenated alkanes) is 1. The highest BCUT2D eigenvalue weighted by Crippen LogP contribution is 2.31. The van der Waals surface area contributed by atoms with Gasteiger partial charge >= 0.3 is 6.09 Å². The van der Waals surface area contributed by atoms with Crippen LogP contribution in [0.5, 0.6) is 0 Å². The molecule has 1 heterocycles. The molecule has 1 rings (SSSR count). The van der Waals surface area contributed by atoms with Gasteiger partial charge in [-0.1, -0.05) is 13.3 Å². The molecule has 24 heavy (non-hydrogen) atoms. The Morgan fingerprint density at radius 2 is 2.12 bits per heavy atom. The van der Waals surface area contributed by atoms with Gasteiger partial charge in [0, 0.05) is 0 Å². The second-order valence-electron chi connectivity index (χ2n) is 7.86. The first kappa shape index (κ1) is 20.8. The van der Waals surface area contributed by atoms with Crippen molar-refractivity contribution in [1.29, 1.82) is 0 Å². The van der Waals surface area contributed by atoms with E-state index < -0.39 is 29.6 Å². The van der Waals surface area contributed by atoms with Gasteiger partial charge in [0.15, 0.2) is 0 Å². The van der Waals surface area contributed by atoms with E-state index in [0.29, 0.717) is 0 Å². The fourth-order valence-electron chi connectivity index (χ4n) is 2.60. The second-order valence-corrected chi connectivity index (χ2v) is 7.86. The van der Waals surface area contributed by atoms with E-state index in [1.54, 1.807) is 19.9 Å². The zero-order valence-corrected chi connectivity index (χ0v) is 16.2. The number of amides is 1. The molecule has 1 fully saturated rings. The molecule has 1 aliphatic heterocycles. The molecule has 0 spiro atoms. The van der Waals surface area contributed by atoms with Crippen LogP contribution in [0.2, 0.25) is 0 Å². The Labute approximate surface area is 146 Å². The van der Waals surface area contributed by atoms with Gasteiger partial charge in [0.1, 0.15) is 17.4 Å². The van der Waals surface area contributed by atoms with Crippen molar-refractivity contribution >= 4 is 6.09 Å². The first-order chi connectivity index (χ1) is 11.0. The van der Waals surface area contributed by atoms with Gasteiger partial charge in [-0.15, -0.1) is 5.73 Å². The molecule has 0 bridgehead atoms. The molecule has 1 N–H and O–H groups in total. The minimum absolute atomic E-state index is 0.263. The van der Waals surface area contributed by atoms with E-state index in [1.807, 2.05) is 27.7 Å². The van der Waals surface area contributed by atoms with Crippen LogP contribution < -0.4 is 0 Å². The molecule has 0 aromatic heterocycles. The number of rotatable bonds is 5. The number of nitrogens with zero attached hydrogens (tertiary/aromatic N) is 1. The Hall–Kier alpha value is -1.29. The number of ether oxygens (including phenoxy) is 2. The number of hydrogen-bond acceptors (Lipinski definition) is 4. The smallest absolute Gasteiger partial charge is 0.413 e. The molecule has 0 radical (unpaired) electrons. The molecule has 0 aliphatic carbocycles. The second kappa shape index (κ2) is 8.19. The summed E-state index contributed by atoms with van der Waals surface area (Å²) < 4.78 is 11.2. The SMILES string of the molecule is CCCCC(C)=C=CC(O)[C@@H]1COC(C)(C)N1C(=O)OC(C)(C)C. The quantitative estimate of drug-likeness (QED) is 0.769. The summed E-state index contributed by atoms with van der Waals surface area (Å²) >= 11 is 0. The van der Waals surface area contributed by atoms with Crippen LogP contribution in [0.25, 0.3) is 0 Å². The highest BCUT2D eigenvalue weighted by molar-refractivity contribution is 5.70. The molecule has 1 aliphatic rings. The number of carbonyl (C=O) groups is 1. The Kier molecular flexibility index (Phi) is 7.09. The van der Waals surface area contributed by atoms with Crippen molar-refractivity contribution in [2.45, 2.75) is 91.2 Å². The fraction of sp³-hybridized carbons (Fsp3) is 0.789. The van der Waals surface area contributed by atoms with Crippen molar-refractivity contribution in [3.8, 4) is 0 Å². The van der Waals surface area contributed by atoms with E-state index in [0.717, 1.165) is 24.8 Å². The summed E-state index contributed by atoms with van der Waals surface area (Å²) in [5.74, 6) is 0. The topological polar surface area (TPSA) is 59.0 Å². The van der Waals surface area contributed by atoms with Crippen molar-refractivity contribution in [2.24, 2.45) is 0 Å². The van der Waals surface area contributed by atoms with E-state index in [1.165, 1.54) is 4.90 Å². The van der Waals surface area contributed by atoms with Crippen LogP contribution in [0.1, 0.15) is 67.7 Å². The fourth-order valence-corrected chi connectivity index (χ4v) is 2.60. The van der Waals surface area contributed by atoms with E-state index in [2.05, 4.69) is 12.7 Å². The Morgan fingerprint density at radius 3 is 2.67 bits per heavy atom. The summed E-state index contributed by atoms with van der Waals surface area (Å²) in [5.41, 5.74) is 2.82. The van der Waals surface area contributed by atoms with Gasteiger partial charge in [0.25, 0.3) is 0 Å². The molecule has 0 aromatic carbocycles. The maximum absolute atomic E-state index is 12.5. The highest BCUT2D eigenvalue weighted by atomic mass is 16.6. The third kappa shape index (κ3) is 5.97. The average Bonchev–Trinajstić information content (AvgIpc) is 2.76. The molecule has 1 amide bonds. The molecular weight excluding hydrogens is 306 g/mol. The van der Waals surface area contributed by atoms with Crippen LogP contribution in [0.3, 0.4) is 0 Å². The number of hydrogen-bond donors (Lipinski definition) is 1. The van der Waals surface area contributed by atoms with Crippen molar-refractivity contribution in [3.05, 3.63) is 17.4 Å². The molecule has 0 aromatic rings. The molecule has 1 saturated heterocycles. The van der Waals surface area contributed by atoms with E-state index in [4.69, 9.17) is 9.47 Å². The van der Waals surface area contributed by atoms with Crippen molar-refractivity contribution in [3.63, 3.8) is 0 Å². The predicted octanol–water partition coefficient (Wildman–Crippen LogP) is 4.01. The van der Waals surface area contributed by atoms with Crippen LogP contribution in [-0.4, -0.2) is 46.2 Å². The molecule has 1 unspecified atom stereocenters. The zero-order chi connectivity index (χ0) is 18.5. The average molecular weight is 339 g/mol. The van der Waals surface area contributed by atoms with Crippen LogP contribution in [-0.2, 0) is 9.47 Å². The van der Waals surface area contributed by atoms with Crippen LogP contribution in [0, 0.1) is 0 Å². The highest BCUT2D eigenvalue weighted by Gasteiger charge is 2.47. The lowest BCUT2D eigenvalue weighted by atomic mass is 10.1. The lowest BCUT2D eigenvalue weighted by Gasteiger charge is -2.35. The first-order valence-electron chi connectivity index (χ1n) is 8.74. The van der Waals surface area contributed by atoms with Gasteiger partial charge in [-0.05, 0) is 66.0 Å². The Bertz CT molecular complexity index is 498. The van der Waals surface area contributed by atoms with Crippen molar-refractivity contribution in [2.75, 3.05) is 6.61 Å². The maximum atomic E-state index is 12.5. The van der Waals surface area contributed by atoms with E-state index in [9.17, 15) is 9.90 Å². The third-order valence-corrected chi connectivity index (χ3v) is 3.91. The van der Waals surface area contributed by atoms with Gasteiger partial charge in [-0.2, -0.15) is 0 Å². The monoisotopic (exact) mass is 339 g/mol. The lowest BCUT2D eigenvalue weighted by molar-refractivity contribution is -0.0660. The van der Waals surface area contributed by atoms with E-state index in [-0.39, 0.29) is 6.61 Å². The molecule has 5 nitrogen and oxygen atoms in total. The number of aliphatic hydroxyl groups is 1. The van der Waals surface area contributed by atoms with Crippen molar-refractivity contribution < 1.29 is 19.4 Å². The number of carbonyl (C=O) groups excluding carboxylic acids is 1. The molecular formula is C19H33NO4. The minimum atomic E-state index is -0.851. The molecule has 5 heteroatoms. The Morgan fingerprint density at radius 1 is 1.50 bits per heavy atom. The summed E-state index contributed by atoms with van der Waals surface area (Å²) in [6.07, 6.45) is 3.48. The lowest BCUT2D eigenvalue weighted by Crippen LogP contribution is -2.52. The van der Waals surface area contributed by atoms with Gasteiger partial charge in [0.2, 0.25) is 0 Å². The molecule has 2 atom stereocenters. The normalized spacial score (nSPS) is 21.2. The minimum Gasteiger partial charge on any atom is -0.444 e.